The molecule has 1 atom stereocenters. The van der Waals surface area contributed by atoms with E-state index in [-0.39, 0.29) is 17.7 Å². The SMILES string of the molecule is O=C(/C=C1\Nc2ccccc2C(=O)N2CCCC12)/C=C/c1c[nH]c2ccccc12. The van der Waals surface area contributed by atoms with Gasteiger partial charge in [0, 0.05) is 35.4 Å². The van der Waals surface area contributed by atoms with Crippen LogP contribution in [0.3, 0.4) is 0 Å². The maximum absolute atomic E-state index is 12.9. The Labute approximate surface area is 168 Å². The number of benzene rings is 2. The third kappa shape index (κ3) is 3.14. The number of allylic oxidation sites excluding steroid dienone is 2. The molecule has 0 radical (unpaired) electrons. The van der Waals surface area contributed by atoms with Crippen molar-refractivity contribution in [3.8, 4) is 0 Å². The van der Waals surface area contributed by atoms with Gasteiger partial charge in [0.1, 0.15) is 0 Å². The van der Waals surface area contributed by atoms with E-state index in [1.807, 2.05) is 65.7 Å². The second kappa shape index (κ2) is 7.09. The molecule has 0 saturated carbocycles. The van der Waals surface area contributed by atoms with Crippen molar-refractivity contribution in [1.29, 1.82) is 0 Å². The molecule has 1 aromatic heterocycles. The topological polar surface area (TPSA) is 65.2 Å². The van der Waals surface area contributed by atoms with E-state index < -0.39 is 0 Å². The van der Waals surface area contributed by atoms with Gasteiger partial charge in [-0.1, -0.05) is 30.3 Å². The van der Waals surface area contributed by atoms with E-state index in [0.717, 1.165) is 47.2 Å². The summed E-state index contributed by atoms with van der Waals surface area (Å²) in [5.74, 6) is -0.0720. The van der Waals surface area contributed by atoms with Crippen molar-refractivity contribution < 1.29 is 9.59 Å². The summed E-state index contributed by atoms with van der Waals surface area (Å²) < 4.78 is 0. The number of aromatic nitrogens is 1. The molecule has 1 unspecified atom stereocenters. The molecule has 5 nitrogen and oxygen atoms in total. The standard InChI is InChI=1S/C24H21N3O2/c28-17(12-11-16-15-25-20-8-3-1-6-18(16)20)14-22-23-10-5-13-27(23)24(29)19-7-2-4-9-21(19)26-22/h1-4,6-9,11-12,14-15,23,25-26H,5,10,13H2/b12-11+,22-14-. The van der Waals surface area contributed by atoms with Crippen molar-refractivity contribution in [3.63, 3.8) is 0 Å². The number of nitrogens with one attached hydrogen (secondary N) is 2. The maximum atomic E-state index is 12.9. The fraction of sp³-hybridized carbons (Fsp3) is 0.167. The largest absolute Gasteiger partial charge is 0.361 e. The lowest BCUT2D eigenvalue weighted by Crippen LogP contribution is -2.36. The first-order chi connectivity index (χ1) is 14.2. The summed E-state index contributed by atoms with van der Waals surface area (Å²) in [5.41, 5.74) is 4.22. The monoisotopic (exact) mass is 383 g/mol. The van der Waals surface area contributed by atoms with Gasteiger partial charge in [-0.15, -0.1) is 0 Å². The lowest BCUT2D eigenvalue weighted by Gasteiger charge is -2.23. The Morgan fingerprint density at radius 1 is 1.10 bits per heavy atom. The number of carbonyl (C=O) groups is 2. The first kappa shape index (κ1) is 17.5. The highest BCUT2D eigenvalue weighted by Gasteiger charge is 2.36. The number of aromatic amines is 1. The number of ketones is 1. The number of rotatable bonds is 3. The van der Waals surface area contributed by atoms with Gasteiger partial charge in [0.05, 0.1) is 17.3 Å². The smallest absolute Gasteiger partial charge is 0.256 e. The molecule has 144 valence electrons. The molecule has 2 aromatic carbocycles. The minimum Gasteiger partial charge on any atom is -0.361 e. The van der Waals surface area contributed by atoms with Gasteiger partial charge in [-0.25, -0.2) is 0 Å². The van der Waals surface area contributed by atoms with Gasteiger partial charge in [-0.05, 0) is 48.8 Å². The predicted octanol–water partition coefficient (Wildman–Crippen LogP) is 4.36. The van der Waals surface area contributed by atoms with Crippen LogP contribution in [0.1, 0.15) is 28.8 Å². The average Bonchev–Trinajstić information content (AvgIpc) is 3.37. The molecule has 3 aromatic rings. The zero-order valence-electron chi connectivity index (χ0n) is 15.9. The molecule has 3 heterocycles. The Kier molecular flexibility index (Phi) is 4.28. The van der Waals surface area contributed by atoms with Crippen LogP contribution in [0.15, 0.2) is 72.6 Å². The Balaban J connectivity index is 1.45. The lowest BCUT2D eigenvalue weighted by atomic mass is 10.1. The van der Waals surface area contributed by atoms with Crippen LogP contribution >= 0.6 is 0 Å². The molecular weight excluding hydrogens is 362 g/mol. The van der Waals surface area contributed by atoms with Crippen molar-refractivity contribution in [3.05, 3.63) is 83.7 Å². The zero-order valence-corrected chi connectivity index (χ0v) is 15.9. The average molecular weight is 383 g/mol. The number of H-pyrrole nitrogens is 1. The molecule has 1 amide bonds. The maximum Gasteiger partial charge on any atom is 0.256 e. The quantitative estimate of drug-likeness (QED) is 0.661. The molecule has 1 fully saturated rings. The first-order valence-electron chi connectivity index (χ1n) is 9.87. The van der Waals surface area contributed by atoms with Gasteiger partial charge in [-0.3, -0.25) is 9.59 Å². The highest BCUT2D eigenvalue weighted by molar-refractivity contribution is 6.06. The fourth-order valence-electron chi connectivity index (χ4n) is 4.24. The Morgan fingerprint density at radius 3 is 2.86 bits per heavy atom. The zero-order chi connectivity index (χ0) is 19.8. The van der Waals surface area contributed by atoms with Crippen LogP contribution in [0.2, 0.25) is 0 Å². The van der Waals surface area contributed by atoms with E-state index in [0.29, 0.717) is 5.56 Å². The lowest BCUT2D eigenvalue weighted by molar-refractivity contribution is -0.110. The van der Waals surface area contributed by atoms with Gasteiger partial charge in [0.15, 0.2) is 5.78 Å². The molecule has 1 saturated heterocycles. The van der Waals surface area contributed by atoms with Crippen LogP contribution in [-0.4, -0.2) is 34.2 Å². The molecule has 2 aliphatic heterocycles. The number of anilines is 1. The van der Waals surface area contributed by atoms with Crippen LogP contribution in [0.4, 0.5) is 5.69 Å². The molecule has 0 bridgehead atoms. The molecule has 5 heteroatoms. The summed E-state index contributed by atoms with van der Waals surface area (Å²) in [4.78, 5) is 30.7. The summed E-state index contributed by atoms with van der Waals surface area (Å²) in [6.07, 6.45) is 8.75. The number of fused-ring (bicyclic) bond motifs is 3. The van der Waals surface area contributed by atoms with Crippen LogP contribution in [0.25, 0.3) is 17.0 Å². The molecule has 0 spiro atoms. The first-order valence-corrected chi connectivity index (χ1v) is 9.87. The van der Waals surface area contributed by atoms with Crippen LogP contribution in [-0.2, 0) is 4.79 Å². The second-order valence-corrected chi connectivity index (χ2v) is 7.45. The Hall–Kier alpha value is -3.60. The summed E-state index contributed by atoms with van der Waals surface area (Å²) in [7, 11) is 0. The van der Waals surface area contributed by atoms with Gasteiger partial charge in [-0.2, -0.15) is 0 Å². The minimum atomic E-state index is -0.100. The van der Waals surface area contributed by atoms with E-state index >= 15 is 0 Å². The van der Waals surface area contributed by atoms with Crippen LogP contribution in [0.5, 0.6) is 0 Å². The van der Waals surface area contributed by atoms with Crippen LogP contribution < -0.4 is 5.32 Å². The van der Waals surface area contributed by atoms with E-state index in [4.69, 9.17) is 0 Å². The third-order valence-corrected chi connectivity index (χ3v) is 5.66. The number of carbonyl (C=O) groups excluding carboxylic acids is 2. The van der Waals surface area contributed by atoms with Gasteiger partial charge < -0.3 is 15.2 Å². The van der Waals surface area contributed by atoms with Crippen molar-refractivity contribution in [2.24, 2.45) is 0 Å². The summed E-state index contributed by atoms with van der Waals surface area (Å²) in [5, 5.41) is 4.43. The molecule has 29 heavy (non-hydrogen) atoms. The van der Waals surface area contributed by atoms with Crippen molar-refractivity contribution in [2.75, 3.05) is 11.9 Å². The van der Waals surface area contributed by atoms with E-state index in [1.165, 1.54) is 0 Å². The summed E-state index contributed by atoms with van der Waals surface area (Å²) >= 11 is 0. The highest BCUT2D eigenvalue weighted by atomic mass is 16.2. The van der Waals surface area contributed by atoms with Gasteiger partial charge in [0.2, 0.25) is 0 Å². The third-order valence-electron chi connectivity index (χ3n) is 5.66. The van der Waals surface area contributed by atoms with Crippen molar-refractivity contribution in [2.45, 2.75) is 18.9 Å². The summed E-state index contributed by atoms with van der Waals surface area (Å²) in [6, 6.07) is 15.4. The molecular formula is C24H21N3O2. The van der Waals surface area contributed by atoms with Gasteiger partial charge >= 0.3 is 0 Å². The number of para-hydroxylation sites is 2. The molecule has 2 N–H and O–H groups in total. The highest BCUT2D eigenvalue weighted by Crippen LogP contribution is 2.32. The molecule has 2 aliphatic rings. The molecule has 0 aliphatic carbocycles. The van der Waals surface area contributed by atoms with E-state index in [1.54, 1.807) is 12.2 Å². The minimum absolute atomic E-state index is 0.0285. The van der Waals surface area contributed by atoms with E-state index in [2.05, 4.69) is 10.3 Å². The van der Waals surface area contributed by atoms with Crippen LogP contribution in [0, 0.1) is 0 Å². The van der Waals surface area contributed by atoms with Crippen molar-refractivity contribution in [1.82, 2.24) is 9.88 Å². The Bertz CT molecular complexity index is 1170. The Morgan fingerprint density at radius 2 is 1.93 bits per heavy atom. The number of nitrogens with zero attached hydrogens (tertiary/aromatic N) is 1. The fourth-order valence-corrected chi connectivity index (χ4v) is 4.24. The predicted molar refractivity (Wildman–Crippen MR) is 115 cm³/mol. The number of amides is 1. The number of hydrogen-bond donors (Lipinski definition) is 2. The normalized spacial score (nSPS) is 20.0. The second-order valence-electron chi connectivity index (χ2n) is 7.45. The molecule has 5 rings (SSSR count). The van der Waals surface area contributed by atoms with Crippen molar-refractivity contribution >= 4 is 34.4 Å². The van der Waals surface area contributed by atoms with Gasteiger partial charge in [0.25, 0.3) is 5.91 Å². The summed E-state index contributed by atoms with van der Waals surface area (Å²) in [6.45, 7) is 0.718. The number of hydrogen-bond acceptors (Lipinski definition) is 3. The van der Waals surface area contributed by atoms with E-state index in [9.17, 15) is 9.59 Å².